The summed E-state index contributed by atoms with van der Waals surface area (Å²) in [4.78, 5) is 12.6. The molecule has 0 fully saturated rings. The van der Waals surface area contributed by atoms with E-state index in [1.54, 1.807) is 19.1 Å². The van der Waals surface area contributed by atoms with Crippen molar-refractivity contribution in [3.63, 3.8) is 0 Å². The number of furan rings is 1. The molecule has 7 nitrogen and oxygen atoms in total. The molecular weight excluding hydrogens is 224 g/mol. The molecule has 0 spiro atoms. The third kappa shape index (κ3) is 2.49. The molecule has 1 unspecified atom stereocenters. The van der Waals surface area contributed by atoms with Gasteiger partial charge in [-0.05, 0) is 17.3 Å². The van der Waals surface area contributed by atoms with Crippen LogP contribution in [0.15, 0.2) is 22.8 Å². The first-order valence-electron chi connectivity index (χ1n) is 5.10. The van der Waals surface area contributed by atoms with Gasteiger partial charge >= 0.3 is 5.97 Å². The summed E-state index contributed by atoms with van der Waals surface area (Å²) in [6, 6.07) is 3.48. The van der Waals surface area contributed by atoms with Crippen molar-refractivity contribution >= 4 is 5.97 Å². The van der Waals surface area contributed by atoms with Crippen molar-refractivity contribution < 1.29 is 13.9 Å². The Labute approximate surface area is 97.4 Å². The maximum atomic E-state index is 11.2. The lowest BCUT2D eigenvalue weighted by atomic mass is 10.2. The lowest BCUT2D eigenvalue weighted by Crippen LogP contribution is -2.20. The van der Waals surface area contributed by atoms with Gasteiger partial charge in [0.25, 0.3) is 0 Å². The van der Waals surface area contributed by atoms with Gasteiger partial charge in [0.15, 0.2) is 5.76 Å². The maximum Gasteiger partial charge on any atom is 0.310 e. The van der Waals surface area contributed by atoms with Gasteiger partial charge in [-0.2, -0.15) is 4.80 Å². The van der Waals surface area contributed by atoms with E-state index < -0.39 is 0 Å². The minimum Gasteiger partial charge on any atom is -0.469 e. The summed E-state index contributed by atoms with van der Waals surface area (Å²) in [6.45, 7) is 2.06. The molecule has 90 valence electrons. The van der Waals surface area contributed by atoms with Crippen molar-refractivity contribution in [1.29, 1.82) is 0 Å². The zero-order chi connectivity index (χ0) is 12.3. The van der Waals surface area contributed by atoms with Gasteiger partial charge in [0.1, 0.15) is 0 Å². The third-order valence-corrected chi connectivity index (χ3v) is 2.24. The van der Waals surface area contributed by atoms with Gasteiger partial charge in [0.05, 0.1) is 25.8 Å². The number of carbonyl (C=O) groups excluding carboxylic acids is 1. The van der Waals surface area contributed by atoms with Crippen LogP contribution in [0.25, 0.3) is 11.6 Å². The van der Waals surface area contributed by atoms with Gasteiger partial charge in [-0.25, -0.2) is 0 Å². The van der Waals surface area contributed by atoms with E-state index in [-0.39, 0.29) is 11.9 Å². The van der Waals surface area contributed by atoms with Crippen LogP contribution >= 0.6 is 0 Å². The Morgan fingerprint density at radius 3 is 3.12 bits per heavy atom. The van der Waals surface area contributed by atoms with Gasteiger partial charge in [0, 0.05) is 0 Å². The first kappa shape index (κ1) is 11.3. The average Bonchev–Trinajstić information content (AvgIpc) is 2.97. The molecule has 17 heavy (non-hydrogen) atoms. The quantitative estimate of drug-likeness (QED) is 0.728. The van der Waals surface area contributed by atoms with E-state index in [1.807, 2.05) is 0 Å². The molecule has 0 aliphatic heterocycles. The van der Waals surface area contributed by atoms with E-state index in [2.05, 4.69) is 20.1 Å². The molecule has 0 aliphatic rings. The van der Waals surface area contributed by atoms with Crippen LogP contribution in [0.4, 0.5) is 0 Å². The molecule has 0 aliphatic carbocycles. The Balaban J connectivity index is 2.06. The topological polar surface area (TPSA) is 83.0 Å². The lowest BCUT2D eigenvalue weighted by Gasteiger charge is -2.06. The summed E-state index contributed by atoms with van der Waals surface area (Å²) in [5.74, 6) is 0.314. The van der Waals surface area contributed by atoms with Crippen molar-refractivity contribution in [1.82, 2.24) is 20.2 Å². The van der Waals surface area contributed by atoms with Gasteiger partial charge in [-0.15, -0.1) is 10.2 Å². The van der Waals surface area contributed by atoms with Crippen molar-refractivity contribution in [2.75, 3.05) is 7.11 Å². The molecule has 1 atom stereocenters. The zero-order valence-corrected chi connectivity index (χ0v) is 9.53. The molecule has 7 heteroatoms. The SMILES string of the molecule is COC(=O)C(C)Cn1nnc(-c2ccco2)n1. The molecule has 0 saturated heterocycles. The average molecular weight is 236 g/mol. The molecule has 2 heterocycles. The standard InChI is InChI=1S/C10H12N4O3/c1-7(10(15)16-2)6-14-12-9(11-13-14)8-4-3-5-17-8/h3-5,7H,6H2,1-2H3. The summed E-state index contributed by atoms with van der Waals surface area (Å²) in [7, 11) is 1.35. The molecule has 2 rings (SSSR count). The maximum absolute atomic E-state index is 11.2. The van der Waals surface area contributed by atoms with Crippen LogP contribution in [0, 0.1) is 5.92 Å². The minimum atomic E-state index is -0.321. The number of tetrazole rings is 1. The van der Waals surface area contributed by atoms with Crippen LogP contribution in [0.5, 0.6) is 0 Å². The van der Waals surface area contributed by atoms with Crippen molar-refractivity contribution in [2.24, 2.45) is 5.92 Å². The Hall–Kier alpha value is -2.18. The number of aromatic nitrogens is 4. The fourth-order valence-electron chi connectivity index (χ4n) is 1.35. The predicted octanol–water partition coefficient (Wildman–Crippen LogP) is 0.742. The third-order valence-electron chi connectivity index (χ3n) is 2.24. The van der Waals surface area contributed by atoms with E-state index in [0.29, 0.717) is 18.1 Å². The normalized spacial score (nSPS) is 12.4. The molecule has 0 amide bonds. The Bertz CT molecular complexity index is 491. The number of carbonyl (C=O) groups is 1. The summed E-state index contributed by atoms with van der Waals surface area (Å²) >= 11 is 0. The number of methoxy groups -OCH3 is 1. The van der Waals surface area contributed by atoms with Gasteiger partial charge in [-0.3, -0.25) is 4.79 Å². The van der Waals surface area contributed by atoms with Crippen LogP contribution in [0.1, 0.15) is 6.92 Å². The van der Waals surface area contributed by atoms with E-state index in [4.69, 9.17) is 4.42 Å². The minimum absolute atomic E-state index is 0.304. The Morgan fingerprint density at radius 2 is 2.47 bits per heavy atom. The highest BCUT2D eigenvalue weighted by molar-refractivity contribution is 5.71. The van der Waals surface area contributed by atoms with Crippen LogP contribution in [-0.2, 0) is 16.1 Å². The Morgan fingerprint density at radius 1 is 1.65 bits per heavy atom. The van der Waals surface area contributed by atoms with Gasteiger partial charge < -0.3 is 9.15 Å². The molecule has 2 aromatic rings. The largest absolute Gasteiger partial charge is 0.469 e. The number of esters is 1. The van der Waals surface area contributed by atoms with Gasteiger partial charge in [-0.1, -0.05) is 6.92 Å². The molecular formula is C10H12N4O3. The first-order valence-corrected chi connectivity index (χ1v) is 5.10. The van der Waals surface area contributed by atoms with Crippen LogP contribution < -0.4 is 0 Å². The number of nitrogens with zero attached hydrogens (tertiary/aromatic N) is 4. The smallest absolute Gasteiger partial charge is 0.310 e. The summed E-state index contributed by atoms with van der Waals surface area (Å²) in [5.41, 5.74) is 0. The monoisotopic (exact) mass is 236 g/mol. The number of hydrogen-bond acceptors (Lipinski definition) is 6. The highest BCUT2D eigenvalue weighted by Gasteiger charge is 2.16. The molecule has 0 saturated carbocycles. The second-order valence-corrected chi connectivity index (χ2v) is 3.57. The fraction of sp³-hybridized carbons (Fsp3) is 0.400. The van der Waals surface area contributed by atoms with Crippen LogP contribution in [0.3, 0.4) is 0 Å². The molecule has 0 aromatic carbocycles. The van der Waals surface area contributed by atoms with Gasteiger partial charge in [0.2, 0.25) is 5.82 Å². The number of ether oxygens (including phenoxy) is 1. The zero-order valence-electron chi connectivity index (χ0n) is 9.53. The highest BCUT2D eigenvalue weighted by Crippen LogP contribution is 2.13. The van der Waals surface area contributed by atoms with E-state index in [9.17, 15) is 4.79 Å². The first-order chi connectivity index (χ1) is 8.20. The second kappa shape index (κ2) is 4.77. The van der Waals surface area contributed by atoms with E-state index >= 15 is 0 Å². The second-order valence-electron chi connectivity index (χ2n) is 3.57. The number of rotatable bonds is 4. The molecule has 0 radical (unpaired) electrons. The predicted molar refractivity (Wildman–Crippen MR) is 56.7 cm³/mol. The fourth-order valence-corrected chi connectivity index (χ4v) is 1.35. The molecule has 0 N–H and O–H groups in total. The Kier molecular flexibility index (Phi) is 3.17. The number of hydrogen-bond donors (Lipinski definition) is 0. The van der Waals surface area contributed by atoms with Crippen LogP contribution in [-0.4, -0.2) is 33.3 Å². The van der Waals surface area contributed by atoms with E-state index in [1.165, 1.54) is 18.2 Å². The summed E-state index contributed by atoms with van der Waals surface area (Å²) in [6.07, 6.45) is 1.53. The lowest BCUT2D eigenvalue weighted by molar-refractivity contribution is -0.145. The highest BCUT2D eigenvalue weighted by atomic mass is 16.5. The summed E-state index contributed by atoms with van der Waals surface area (Å²) < 4.78 is 9.75. The van der Waals surface area contributed by atoms with Crippen molar-refractivity contribution in [2.45, 2.75) is 13.5 Å². The van der Waals surface area contributed by atoms with Crippen LogP contribution in [0.2, 0.25) is 0 Å². The molecule has 2 aromatic heterocycles. The van der Waals surface area contributed by atoms with Crippen molar-refractivity contribution in [3.05, 3.63) is 18.4 Å². The van der Waals surface area contributed by atoms with E-state index in [0.717, 1.165) is 0 Å². The van der Waals surface area contributed by atoms with Crippen molar-refractivity contribution in [3.8, 4) is 11.6 Å². The molecule has 0 bridgehead atoms. The summed E-state index contributed by atoms with van der Waals surface area (Å²) in [5, 5.41) is 11.8.